The molecular formula is C14H19NO4S. The van der Waals surface area contributed by atoms with Gasteiger partial charge >= 0.3 is 5.97 Å². The van der Waals surface area contributed by atoms with Crippen LogP contribution in [-0.2, 0) is 9.59 Å². The average molecular weight is 297 g/mol. The number of rotatable bonds is 6. The molecule has 1 amide bonds. The van der Waals surface area contributed by atoms with Gasteiger partial charge in [0.15, 0.2) is 0 Å². The van der Waals surface area contributed by atoms with Crippen molar-refractivity contribution in [3.8, 4) is 5.75 Å². The lowest BCUT2D eigenvalue weighted by Crippen LogP contribution is -2.51. The molecule has 1 aromatic carbocycles. The first-order chi connectivity index (χ1) is 9.26. The topological polar surface area (TPSA) is 75.6 Å². The Morgan fingerprint density at radius 1 is 1.30 bits per heavy atom. The van der Waals surface area contributed by atoms with Gasteiger partial charge in [-0.2, -0.15) is 0 Å². The third kappa shape index (κ3) is 4.45. The maximum absolute atomic E-state index is 12.0. The normalized spacial score (nSPS) is 12.6. The maximum Gasteiger partial charge on any atom is 0.328 e. The second-order valence-corrected chi connectivity index (χ2v) is 6.27. The van der Waals surface area contributed by atoms with Gasteiger partial charge in [0.25, 0.3) is 0 Å². The molecule has 20 heavy (non-hydrogen) atoms. The van der Waals surface area contributed by atoms with Gasteiger partial charge in [0.05, 0.1) is 12.4 Å². The van der Waals surface area contributed by atoms with Gasteiger partial charge in [-0.1, -0.05) is 0 Å². The smallest absolute Gasteiger partial charge is 0.328 e. The summed E-state index contributed by atoms with van der Waals surface area (Å²) in [5.41, 5.74) is -1.27. The van der Waals surface area contributed by atoms with Crippen molar-refractivity contribution < 1.29 is 19.4 Å². The van der Waals surface area contributed by atoms with E-state index < -0.39 is 11.5 Å². The first kappa shape index (κ1) is 16.4. The van der Waals surface area contributed by atoms with Crippen LogP contribution in [0.4, 0.5) is 0 Å². The molecule has 1 aromatic rings. The summed E-state index contributed by atoms with van der Waals surface area (Å²) >= 11 is 1.36. The fraction of sp³-hybridized carbons (Fsp3) is 0.429. The number of hydrogen-bond donors (Lipinski definition) is 2. The Bertz CT molecular complexity index is 484. The highest BCUT2D eigenvalue weighted by Gasteiger charge is 2.30. The van der Waals surface area contributed by atoms with Crippen molar-refractivity contribution in [3.63, 3.8) is 0 Å². The number of carboxylic acid groups (broad SMARTS) is 1. The molecule has 110 valence electrons. The highest BCUT2D eigenvalue weighted by molar-refractivity contribution is 8.00. The first-order valence-corrected chi connectivity index (χ1v) is 7.00. The summed E-state index contributed by atoms with van der Waals surface area (Å²) in [6.45, 7) is 4.65. The average Bonchev–Trinajstić information content (AvgIpc) is 2.38. The van der Waals surface area contributed by atoms with Gasteiger partial charge in [0, 0.05) is 4.90 Å². The molecule has 0 saturated carbocycles. The molecular weight excluding hydrogens is 278 g/mol. The van der Waals surface area contributed by atoms with E-state index in [2.05, 4.69) is 5.32 Å². The predicted octanol–water partition coefficient (Wildman–Crippen LogP) is 2.16. The molecule has 0 aliphatic heterocycles. The summed E-state index contributed by atoms with van der Waals surface area (Å²) in [6.07, 6.45) is 0. The lowest BCUT2D eigenvalue weighted by atomic mass is 10.1. The first-order valence-electron chi connectivity index (χ1n) is 6.12. The molecule has 1 rings (SSSR count). The number of ether oxygens (including phenoxy) is 1. The minimum absolute atomic E-state index is 0.307. The zero-order valence-corrected chi connectivity index (χ0v) is 12.8. The van der Waals surface area contributed by atoms with Crippen LogP contribution in [0.5, 0.6) is 5.75 Å². The third-order valence-corrected chi connectivity index (χ3v) is 3.82. The number of carbonyl (C=O) groups is 2. The zero-order valence-electron chi connectivity index (χ0n) is 12.0. The fourth-order valence-corrected chi connectivity index (χ4v) is 2.24. The van der Waals surface area contributed by atoms with Crippen LogP contribution in [-0.4, -0.2) is 34.9 Å². The molecule has 0 saturated heterocycles. The van der Waals surface area contributed by atoms with Crippen LogP contribution in [0.2, 0.25) is 0 Å². The Labute approximate surface area is 122 Å². The lowest BCUT2D eigenvalue weighted by Gasteiger charge is -2.23. The van der Waals surface area contributed by atoms with Crippen LogP contribution in [0.15, 0.2) is 29.2 Å². The van der Waals surface area contributed by atoms with Crippen molar-refractivity contribution in [2.24, 2.45) is 0 Å². The van der Waals surface area contributed by atoms with E-state index in [4.69, 9.17) is 9.84 Å². The number of hydrogen-bond acceptors (Lipinski definition) is 4. The molecule has 0 bridgehead atoms. The van der Waals surface area contributed by atoms with Gasteiger partial charge in [0.1, 0.15) is 11.3 Å². The molecule has 2 N–H and O–H groups in total. The molecule has 1 atom stereocenters. The van der Waals surface area contributed by atoms with Crippen LogP contribution in [0.1, 0.15) is 20.8 Å². The van der Waals surface area contributed by atoms with Gasteiger partial charge in [0.2, 0.25) is 5.91 Å². The molecule has 0 aliphatic carbocycles. The minimum atomic E-state index is -1.27. The standard InChI is InChI=1S/C14H19NO4S/c1-9(12(16)15-14(2,3)13(17)18)20-11-7-5-10(19-4)6-8-11/h5-9H,1-4H3,(H,15,16)(H,17,18). The molecule has 1 unspecified atom stereocenters. The lowest BCUT2D eigenvalue weighted by molar-refractivity contribution is -0.145. The van der Waals surface area contributed by atoms with E-state index in [-0.39, 0.29) is 11.2 Å². The summed E-state index contributed by atoms with van der Waals surface area (Å²) in [5, 5.41) is 11.1. The van der Waals surface area contributed by atoms with Crippen LogP contribution in [0.25, 0.3) is 0 Å². The number of nitrogens with one attached hydrogen (secondary N) is 1. The second-order valence-electron chi connectivity index (χ2n) is 4.86. The van der Waals surface area contributed by atoms with Gasteiger partial charge in [-0.05, 0) is 45.0 Å². The second kappa shape index (κ2) is 6.65. The van der Waals surface area contributed by atoms with Crippen LogP contribution in [0.3, 0.4) is 0 Å². The maximum atomic E-state index is 12.0. The van der Waals surface area contributed by atoms with Crippen molar-refractivity contribution in [2.75, 3.05) is 7.11 Å². The third-order valence-electron chi connectivity index (χ3n) is 2.71. The number of amides is 1. The van der Waals surface area contributed by atoms with E-state index in [9.17, 15) is 9.59 Å². The van der Waals surface area contributed by atoms with E-state index in [1.54, 1.807) is 14.0 Å². The molecule has 5 nitrogen and oxygen atoms in total. The van der Waals surface area contributed by atoms with E-state index in [0.29, 0.717) is 0 Å². The number of carbonyl (C=O) groups excluding carboxylic acids is 1. The SMILES string of the molecule is COc1ccc(SC(C)C(=O)NC(C)(C)C(=O)O)cc1. The van der Waals surface area contributed by atoms with Crippen LogP contribution >= 0.6 is 11.8 Å². The number of thioether (sulfide) groups is 1. The molecule has 6 heteroatoms. The summed E-state index contributed by atoms with van der Waals surface area (Å²) < 4.78 is 5.06. The monoisotopic (exact) mass is 297 g/mol. The van der Waals surface area contributed by atoms with Crippen molar-refractivity contribution in [2.45, 2.75) is 36.5 Å². The summed E-state index contributed by atoms with van der Waals surface area (Å²) in [5.74, 6) is -0.621. The van der Waals surface area contributed by atoms with Gasteiger partial charge in [-0.25, -0.2) is 4.79 Å². The number of carboxylic acids is 1. The van der Waals surface area contributed by atoms with Crippen molar-refractivity contribution in [1.82, 2.24) is 5.32 Å². The highest BCUT2D eigenvalue weighted by atomic mass is 32.2. The van der Waals surface area contributed by atoms with Gasteiger partial charge in [-0.3, -0.25) is 4.79 Å². The van der Waals surface area contributed by atoms with Crippen LogP contribution < -0.4 is 10.1 Å². The molecule has 0 heterocycles. The molecule has 0 radical (unpaired) electrons. The Hall–Kier alpha value is -1.69. The molecule has 0 fully saturated rings. The Balaban J connectivity index is 2.63. The fourth-order valence-electron chi connectivity index (χ4n) is 1.38. The molecule has 0 aliphatic rings. The minimum Gasteiger partial charge on any atom is -0.497 e. The van der Waals surface area contributed by atoms with E-state index in [1.165, 1.54) is 25.6 Å². The van der Waals surface area contributed by atoms with Crippen molar-refractivity contribution >= 4 is 23.6 Å². The quantitative estimate of drug-likeness (QED) is 0.787. The zero-order chi connectivity index (χ0) is 15.3. The van der Waals surface area contributed by atoms with E-state index >= 15 is 0 Å². The summed E-state index contributed by atoms with van der Waals surface area (Å²) in [4.78, 5) is 23.9. The summed E-state index contributed by atoms with van der Waals surface area (Å²) in [6, 6.07) is 7.34. The number of benzene rings is 1. The highest BCUT2D eigenvalue weighted by Crippen LogP contribution is 2.25. The number of aliphatic carboxylic acids is 1. The molecule has 0 aromatic heterocycles. The van der Waals surface area contributed by atoms with E-state index in [0.717, 1.165) is 10.6 Å². The van der Waals surface area contributed by atoms with Crippen LogP contribution in [0, 0.1) is 0 Å². The van der Waals surface area contributed by atoms with Crippen molar-refractivity contribution in [3.05, 3.63) is 24.3 Å². The van der Waals surface area contributed by atoms with Gasteiger partial charge < -0.3 is 15.2 Å². The predicted molar refractivity (Wildman–Crippen MR) is 78.2 cm³/mol. The Morgan fingerprint density at radius 3 is 2.30 bits per heavy atom. The molecule has 0 spiro atoms. The Morgan fingerprint density at radius 2 is 1.85 bits per heavy atom. The van der Waals surface area contributed by atoms with Gasteiger partial charge in [-0.15, -0.1) is 11.8 Å². The van der Waals surface area contributed by atoms with Crippen molar-refractivity contribution in [1.29, 1.82) is 0 Å². The Kier molecular flexibility index (Phi) is 5.44. The summed E-state index contributed by atoms with van der Waals surface area (Å²) in [7, 11) is 1.59. The van der Waals surface area contributed by atoms with E-state index in [1.807, 2.05) is 24.3 Å². The largest absolute Gasteiger partial charge is 0.497 e. The number of methoxy groups -OCH3 is 1.